The average molecular weight is 543 g/mol. The molecule has 10 heteroatoms. The van der Waals surface area contributed by atoms with Crippen LogP contribution in [-0.2, 0) is 11.3 Å². The molecule has 4 aromatic rings. The van der Waals surface area contributed by atoms with Gasteiger partial charge < -0.3 is 25.2 Å². The first kappa shape index (κ1) is 26.9. The molecule has 0 unspecified atom stereocenters. The van der Waals surface area contributed by atoms with Crippen LogP contribution in [0.25, 0.3) is 10.9 Å². The number of piperazine rings is 1. The number of aromatic nitrogens is 2. The number of carbonyl (C=O) groups excluding carboxylic acids is 2. The van der Waals surface area contributed by atoms with E-state index in [1.165, 1.54) is 24.3 Å². The molecule has 1 fully saturated rings. The largest absolute Gasteiger partial charge is 0.450 e. The van der Waals surface area contributed by atoms with Gasteiger partial charge in [0.1, 0.15) is 11.6 Å². The molecule has 1 aromatic heterocycles. The van der Waals surface area contributed by atoms with Crippen molar-refractivity contribution < 1.29 is 18.7 Å². The van der Waals surface area contributed by atoms with E-state index in [4.69, 9.17) is 14.7 Å². The normalized spacial score (nSPS) is 13.3. The van der Waals surface area contributed by atoms with Crippen molar-refractivity contribution in [2.45, 2.75) is 20.4 Å². The summed E-state index contributed by atoms with van der Waals surface area (Å²) in [4.78, 5) is 38.0. The zero-order chi connectivity index (χ0) is 28.1. The predicted molar refractivity (Wildman–Crippen MR) is 153 cm³/mol. The van der Waals surface area contributed by atoms with E-state index in [1.54, 1.807) is 11.8 Å². The van der Waals surface area contributed by atoms with Crippen LogP contribution in [0.15, 0.2) is 66.7 Å². The molecule has 1 aliphatic heterocycles. The Morgan fingerprint density at radius 1 is 0.950 bits per heavy atom. The van der Waals surface area contributed by atoms with Gasteiger partial charge >= 0.3 is 6.09 Å². The lowest BCUT2D eigenvalue weighted by atomic mass is 10.1. The second kappa shape index (κ2) is 12.0. The Morgan fingerprint density at radius 2 is 1.68 bits per heavy atom. The van der Waals surface area contributed by atoms with Crippen molar-refractivity contribution in [2.24, 2.45) is 0 Å². The van der Waals surface area contributed by atoms with Crippen molar-refractivity contribution in [1.29, 1.82) is 0 Å². The number of ether oxygens (including phenoxy) is 1. The Hall–Kier alpha value is -4.73. The summed E-state index contributed by atoms with van der Waals surface area (Å²) in [5.41, 5.74) is 3.98. The van der Waals surface area contributed by atoms with E-state index in [1.807, 2.05) is 49.4 Å². The van der Waals surface area contributed by atoms with E-state index in [2.05, 4.69) is 15.5 Å². The molecule has 40 heavy (non-hydrogen) atoms. The third-order valence-corrected chi connectivity index (χ3v) is 6.71. The van der Waals surface area contributed by atoms with E-state index in [-0.39, 0.29) is 17.8 Å². The summed E-state index contributed by atoms with van der Waals surface area (Å²) in [5.74, 6) is 0.650. The molecule has 0 spiro atoms. The summed E-state index contributed by atoms with van der Waals surface area (Å²) in [5, 5.41) is 7.20. The fourth-order valence-corrected chi connectivity index (χ4v) is 4.50. The fraction of sp³-hybridized carbons (Fsp3) is 0.267. The molecule has 0 saturated carbocycles. The number of amides is 2. The first-order valence-corrected chi connectivity index (χ1v) is 13.2. The lowest BCUT2D eigenvalue weighted by Gasteiger charge is -2.34. The molecule has 3 aromatic carbocycles. The number of carbonyl (C=O) groups is 2. The first-order valence-electron chi connectivity index (χ1n) is 13.2. The van der Waals surface area contributed by atoms with Crippen LogP contribution in [0.3, 0.4) is 0 Å². The highest BCUT2D eigenvalue weighted by Crippen LogP contribution is 2.26. The van der Waals surface area contributed by atoms with E-state index in [0.717, 1.165) is 27.8 Å². The third-order valence-electron chi connectivity index (χ3n) is 6.71. The highest BCUT2D eigenvalue weighted by atomic mass is 19.1. The van der Waals surface area contributed by atoms with Gasteiger partial charge in [-0.05, 0) is 73.5 Å². The number of nitrogens with zero attached hydrogens (tertiary/aromatic N) is 4. The average Bonchev–Trinajstić information content (AvgIpc) is 2.97. The molecule has 1 aliphatic rings. The van der Waals surface area contributed by atoms with Gasteiger partial charge in [0, 0.05) is 49.4 Å². The molecule has 206 valence electrons. The minimum Gasteiger partial charge on any atom is -0.450 e. The van der Waals surface area contributed by atoms with Crippen molar-refractivity contribution >= 4 is 40.4 Å². The smallest absolute Gasteiger partial charge is 0.409 e. The fourth-order valence-electron chi connectivity index (χ4n) is 4.50. The number of aryl methyl sites for hydroxylation is 1. The van der Waals surface area contributed by atoms with Crippen LogP contribution < -0.4 is 15.5 Å². The molecule has 5 rings (SSSR count). The molecular formula is C30H31FN6O3. The summed E-state index contributed by atoms with van der Waals surface area (Å²) >= 11 is 0. The first-order chi connectivity index (χ1) is 19.4. The zero-order valence-electron chi connectivity index (χ0n) is 22.5. The number of nitrogens with one attached hydrogen (secondary N) is 2. The maximum absolute atomic E-state index is 13.1. The summed E-state index contributed by atoms with van der Waals surface area (Å²) in [6.45, 7) is 7.01. The molecule has 9 nitrogen and oxygen atoms in total. The Balaban J connectivity index is 1.27. The van der Waals surface area contributed by atoms with E-state index < -0.39 is 0 Å². The van der Waals surface area contributed by atoms with Crippen LogP contribution in [0.2, 0.25) is 0 Å². The topological polar surface area (TPSA) is 99.7 Å². The molecule has 2 amide bonds. The summed E-state index contributed by atoms with van der Waals surface area (Å²) in [7, 11) is 0. The Morgan fingerprint density at radius 3 is 2.38 bits per heavy atom. The number of halogens is 1. The molecule has 2 N–H and O–H groups in total. The molecule has 0 aliphatic carbocycles. The number of anilines is 3. The van der Waals surface area contributed by atoms with Gasteiger partial charge in [-0.2, -0.15) is 4.98 Å². The molecule has 2 heterocycles. The van der Waals surface area contributed by atoms with E-state index in [9.17, 15) is 14.0 Å². The van der Waals surface area contributed by atoms with Gasteiger partial charge in [-0.1, -0.05) is 18.2 Å². The number of hydrogen-bond acceptors (Lipinski definition) is 7. The van der Waals surface area contributed by atoms with Crippen LogP contribution in [0, 0.1) is 12.7 Å². The van der Waals surface area contributed by atoms with Crippen LogP contribution in [0.5, 0.6) is 0 Å². The summed E-state index contributed by atoms with van der Waals surface area (Å²) < 4.78 is 18.3. The minimum atomic E-state index is -0.385. The van der Waals surface area contributed by atoms with Gasteiger partial charge in [0.2, 0.25) is 5.95 Å². The van der Waals surface area contributed by atoms with Gasteiger partial charge in [0.15, 0.2) is 0 Å². The Bertz CT molecular complexity index is 1500. The molecular weight excluding hydrogens is 511 g/mol. The predicted octanol–water partition coefficient (Wildman–Crippen LogP) is 5.22. The van der Waals surface area contributed by atoms with Gasteiger partial charge in [-0.25, -0.2) is 14.2 Å². The van der Waals surface area contributed by atoms with Crippen molar-refractivity contribution in [2.75, 3.05) is 48.3 Å². The highest BCUT2D eigenvalue weighted by Gasteiger charge is 2.24. The molecule has 0 radical (unpaired) electrons. The SMILES string of the molecule is CCOC(=O)N1CCN(c2nc(NCc3ccc(NC(=O)c4ccc(F)cc4)cc3)c3ccc(C)cc3n2)CC1. The standard InChI is InChI=1S/C30H31FN6O3/c1-3-40-30(39)37-16-14-36(15-17-37)29-34-26-18-20(2)4-13-25(26)27(35-29)32-19-21-5-11-24(12-6-21)33-28(38)22-7-9-23(31)10-8-22/h4-13,18H,3,14-17,19H2,1-2H3,(H,33,38)(H,32,34,35). The van der Waals surface area contributed by atoms with Crippen LogP contribution >= 0.6 is 0 Å². The van der Waals surface area contributed by atoms with Gasteiger partial charge in [-0.3, -0.25) is 4.79 Å². The Kier molecular flexibility index (Phi) is 8.04. The zero-order valence-corrected chi connectivity index (χ0v) is 22.5. The lowest BCUT2D eigenvalue weighted by Crippen LogP contribution is -2.49. The minimum absolute atomic E-state index is 0.291. The van der Waals surface area contributed by atoms with Crippen LogP contribution in [-0.4, -0.2) is 59.7 Å². The van der Waals surface area contributed by atoms with Crippen molar-refractivity contribution in [3.63, 3.8) is 0 Å². The number of benzene rings is 3. The van der Waals surface area contributed by atoms with Crippen LogP contribution in [0.4, 0.5) is 26.6 Å². The quantitative estimate of drug-likeness (QED) is 0.330. The van der Waals surface area contributed by atoms with Gasteiger partial charge in [0.05, 0.1) is 12.1 Å². The summed E-state index contributed by atoms with van der Waals surface area (Å²) in [6, 6.07) is 19.0. The number of hydrogen-bond donors (Lipinski definition) is 2. The van der Waals surface area contributed by atoms with Gasteiger partial charge in [-0.15, -0.1) is 0 Å². The number of fused-ring (bicyclic) bond motifs is 1. The third kappa shape index (κ3) is 6.28. The highest BCUT2D eigenvalue weighted by molar-refractivity contribution is 6.04. The number of rotatable bonds is 7. The van der Waals surface area contributed by atoms with Gasteiger partial charge in [0.25, 0.3) is 5.91 Å². The second-order valence-electron chi connectivity index (χ2n) is 9.58. The van der Waals surface area contributed by atoms with Crippen molar-refractivity contribution in [1.82, 2.24) is 14.9 Å². The van der Waals surface area contributed by atoms with E-state index >= 15 is 0 Å². The van der Waals surface area contributed by atoms with Crippen molar-refractivity contribution in [3.05, 3.63) is 89.2 Å². The maximum Gasteiger partial charge on any atom is 0.409 e. The molecule has 0 atom stereocenters. The monoisotopic (exact) mass is 542 g/mol. The molecule has 0 bridgehead atoms. The Labute approximate surface area is 232 Å². The molecule has 1 saturated heterocycles. The van der Waals surface area contributed by atoms with E-state index in [0.29, 0.717) is 56.5 Å². The van der Waals surface area contributed by atoms with Crippen molar-refractivity contribution in [3.8, 4) is 0 Å². The second-order valence-corrected chi connectivity index (χ2v) is 9.58. The maximum atomic E-state index is 13.1. The summed E-state index contributed by atoms with van der Waals surface area (Å²) in [6.07, 6.45) is -0.291. The van der Waals surface area contributed by atoms with Crippen LogP contribution in [0.1, 0.15) is 28.4 Å². The lowest BCUT2D eigenvalue weighted by molar-refractivity contribution is 0.102.